The molecule has 1 fully saturated rings. The lowest BCUT2D eigenvalue weighted by Crippen LogP contribution is -2.49. The number of likely N-dealkylation sites (tertiary alicyclic amines) is 1. The van der Waals surface area contributed by atoms with Gasteiger partial charge in [-0.3, -0.25) is 4.79 Å². The van der Waals surface area contributed by atoms with Gasteiger partial charge < -0.3 is 14.4 Å². The molecule has 1 aliphatic rings. The molecule has 0 bridgehead atoms. The Morgan fingerprint density at radius 2 is 2.19 bits per heavy atom. The molecule has 0 unspecified atom stereocenters. The Kier molecular flexibility index (Phi) is 5.62. The predicted octanol–water partition coefficient (Wildman–Crippen LogP) is 2.21. The smallest absolute Gasteiger partial charge is 0.341 e. The van der Waals surface area contributed by atoms with Crippen LogP contribution in [-0.4, -0.2) is 56.5 Å². The standard InChI is InChI=1S/C17H21F3N6O/c1-24(16-22-6-4-14(23-16)17(18,19)20)13-3-2-8-26(11-13)15(27)5-9-25-10-7-21-12-25/h4,6-7,10,12-13H,2-3,5,8-9,11H2,1H3/t13-/m0/s1. The number of likely N-dealkylation sites (N-methyl/N-ethyl adjacent to an activating group) is 1. The van der Waals surface area contributed by atoms with E-state index in [2.05, 4.69) is 15.0 Å². The molecule has 0 saturated carbocycles. The fourth-order valence-corrected chi connectivity index (χ4v) is 3.14. The Morgan fingerprint density at radius 1 is 1.37 bits per heavy atom. The molecule has 0 radical (unpaired) electrons. The number of halogens is 3. The molecule has 2 aromatic heterocycles. The van der Waals surface area contributed by atoms with Crippen molar-refractivity contribution in [2.24, 2.45) is 0 Å². The van der Waals surface area contributed by atoms with E-state index in [-0.39, 0.29) is 17.9 Å². The molecular weight excluding hydrogens is 361 g/mol. The highest BCUT2D eigenvalue weighted by molar-refractivity contribution is 5.76. The van der Waals surface area contributed by atoms with Crippen molar-refractivity contribution >= 4 is 11.9 Å². The molecule has 1 atom stereocenters. The van der Waals surface area contributed by atoms with E-state index in [0.29, 0.717) is 26.1 Å². The van der Waals surface area contributed by atoms with E-state index in [0.717, 1.165) is 25.1 Å². The first-order valence-corrected chi connectivity index (χ1v) is 8.71. The number of imidazole rings is 1. The maximum atomic E-state index is 12.9. The lowest BCUT2D eigenvalue weighted by Gasteiger charge is -2.37. The quantitative estimate of drug-likeness (QED) is 0.793. The Balaban J connectivity index is 1.62. The summed E-state index contributed by atoms with van der Waals surface area (Å²) in [6.07, 6.45) is 3.61. The van der Waals surface area contributed by atoms with Crippen molar-refractivity contribution in [1.82, 2.24) is 24.4 Å². The SMILES string of the molecule is CN(c1nccc(C(F)(F)F)n1)[C@H]1CCCN(C(=O)CCn2ccnc2)C1. The van der Waals surface area contributed by atoms with Crippen LogP contribution in [-0.2, 0) is 17.5 Å². The van der Waals surface area contributed by atoms with Gasteiger partial charge in [-0.25, -0.2) is 15.0 Å². The van der Waals surface area contributed by atoms with Crippen LogP contribution < -0.4 is 4.90 Å². The lowest BCUT2D eigenvalue weighted by molar-refractivity contribution is -0.141. The summed E-state index contributed by atoms with van der Waals surface area (Å²) in [4.78, 5) is 27.4. The summed E-state index contributed by atoms with van der Waals surface area (Å²) < 4.78 is 40.5. The Labute approximate surface area is 154 Å². The summed E-state index contributed by atoms with van der Waals surface area (Å²) in [6, 6.07) is 0.726. The zero-order chi connectivity index (χ0) is 19.4. The fraction of sp³-hybridized carbons (Fsp3) is 0.529. The number of aryl methyl sites for hydroxylation is 1. The number of anilines is 1. The van der Waals surface area contributed by atoms with Gasteiger partial charge in [-0.05, 0) is 18.9 Å². The minimum Gasteiger partial charge on any atom is -0.341 e. The van der Waals surface area contributed by atoms with E-state index < -0.39 is 11.9 Å². The highest BCUT2D eigenvalue weighted by Gasteiger charge is 2.34. The number of aromatic nitrogens is 4. The van der Waals surface area contributed by atoms with E-state index in [9.17, 15) is 18.0 Å². The highest BCUT2D eigenvalue weighted by Crippen LogP contribution is 2.28. The summed E-state index contributed by atoms with van der Waals surface area (Å²) in [5.74, 6) is 0.0364. The van der Waals surface area contributed by atoms with E-state index in [1.54, 1.807) is 35.6 Å². The predicted molar refractivity (Wildman–Crippen MR) is 91.9 cm³/mol. The first-order valence-electron chi connectivity index (χ1n) is 8.71. The third-order valence-electron chi connectivity index (χ3n) is 4.69. The molecule has 146 valence electrons. The molecule has 7 nitrogen and oxygen atoms in total. The van der Waals surface area contributed by atoms with E-state index in [1.807, 2.05) is 4.57 Å². The third kappa shape index (κ3) is 4.75. The molecular formula is C17H21F3N6O. The number of hydrogen-bond acceptors (Lipinski definition) is 5. The molecule has 3 rings (SSSR count). The van der Waals surface area contributed by atoms with Gasteiger partial charge in [0.2, 0.25) is 11.9 Å². The van der Waals surface area contributed by atoms with Crippen LogP contribution in [0, 0.1) is 0 Å². The molecule has 2 aromatic rings. The van der Waals surface area contributed by atoms with Gasteiger partial charge in [0.25, 0.3) is 0 Å². The summed E-state index contributed by atoms with van der Waals surface area (Å²) >= 11 is 0. The second-order valence-corrected chi connectivity index (χ2v) is 6.54. The maximum absolute atomic E-state index is 12.9. The van der Waals surface area contributed by atoms with Crippen LogP contribution in [0.3, 0.4) is 0 Å². The molecule has 0 aromatic carbocycles. The number of amides is 1. The minimum atomic E-state index is -4.51. The Morgan fingerprint density at radius 3 is 2.89 bits per heavy atom. The lowest BCUT2D eigenvalue weighted by atomic mass is 10.0. The van der Waals surface area contributed by atoms with Crippen molar-refractivity contribution in [2.45, 2.75) is 38.0 Å². The average molecular weight is 382 g/mol. The number of rotatable bonds is 5. The van der Waals surface area contributed by atoms with Crippen molar-refractivity contribution in [2.75, 3.05) is 25.0 Å². The van der Waals surface area contributed by atoms with Gasteiger partial charge in [-0.15, -0.1) is 0 Å². The molecule has 1 saturated heterocycles. The van der Waals surface area contributed by atoms with Crippen LogP contribution in [0.25, 0.3) is 0 Å². The van der Waals surface area contributed by atoms with Gasteiger partial charge in [0.15, 0.2) is 0 Å². The van der Waals surface area contributed by atoms with Crippen LogP contribution >= 0.6 is 0 Å². The topological polar surface area (TPSA) is 67.2 Å². The van der Waals surface area contributed by atoms with Gasteiger partial charge in [0.1, 0.15) is 5.69 Å². The molecule has 27 heavy (non-hydrogen) atoms. The van der Waals surface area contributed by atoms with Crippen molar-refractivity contribution in [3.63, 3.8) is 0 Å². The molecule has 10 heteroatoms. The molecule has 0 spiro atoms. The number of carbonyl (C=O) groups is 1. The normalized spacial score (nSPS) is 17.8. The molecule has 1 aliphatic heterocycles. The highest BCUT2D eigenvalue weighted by atomic mass is 19.4. The average Bonchev–Trinajstić information content (AvgIpc) is 3.18. The summed E-state index contributed by atoms with van der Waals surface area (Å²) in [7, 11) is 1.67. The molecule has 0 N–H and O–H groups in total. The van der Waals surface area contributed by atoms with Crippen molar-refractivity contribution < 1.29 is 18.0 Å². The van der Waals surface area contributed by atoms with Crippen LogP contribution in [0.4, 0.5) is 19.1 Å². The van der Waals surface area contributed by atoms with Gasteiger partial charge in [-0.1, -0.05) is 0 Å². The largest absolute Gasteiger partial charge is 0.433 e. The number of alkyl halides is 3. The second-order valence-electron chi connectivity index (χ2n) is 6.54. The van der Waals surface area contributed by atoms with E-state index in [4.69, 9.17) is 0 Å². The maximum Gasteiger partial charge on any atom is 0.433 e. The zero-order valence-corrected chi connectivity index (χ0v) is 14.9. The summed E-state index contributed by atoms with van der Waals surface area (Å²) in [6.45, 7) is 1.64. The van der Waals surface area contributed by atoms with E-state index >= 15 is 0 Å². The molecule has 0 aliphatic carbocycles. The second kappa shape index (κ2) is 7.93. The van der Waals surface area contributed by atoms with Crippen molar-refractivity contribution in [3.8, 4) is 0 Å². The first-order chi connectivity index (χ1) is 12.8. The summed E-state index contributed by atoms with van der Waals surface area (Å²) in [5, 5.41) is 0. The van der Waals surface area contributed by atoms with Gasteiger partial charge >= 0.3 is 6.18 Å². The third-order valence-corrected chi connectivity index (χ3v) is 4.69. The minimum absolute atomic E-state index is 0.0162. The van der Waals surface area contributed by atoms with Crippen LogP contribution in [0.1, 0.15) is 25.0 Å². The number of piperidine rings is 1. The monoisotopic (exact) mass is 382 g/mol. The zero-order valence-electron chi connectivity index (χ0n) is 14.9. The fourth-order valence-electron chi connectivity index (χ4n) is 3.14. The summed E-state index contributed by atoms with van der Waals surface area (Å²) in [5.41, 5.74) is -0.969. The number of hydrogen-bond donors (Lipinski definition) is 0. The van der Waals surface area contributed by atoms with Gasteiger partial charge in [0, 0.05) is 57.7 Å². The van der Waals surface area contributed by atoms with E-state index in [1.165, 1.54) is 0 Å². The van der Waals surface area contributed by atoms with Crippen LogP contribution in [0.2, 0.25) is 0 Å². The molecule has 1 amide bonds. The van der Waals surface area contributed by atoms with Gasteiger partial charge in [-0.2, -0.15) is 13.2 Å². The Bertz CT molecular complexity index is 764. The number of nitrogens with zero attached hydrogens (tertiary/aromatic N) is 6. The first kappa shape index (κ1) is 19.1. The van der Waals surface area contributed by atoms with Crippen molar-refractivity contribution in [3.05, 3.63) is 36.7 Å². The van der Waals surface area contributed by atoms with Crippen LogP contribution in [0.15, 0.2) is 31.0 Å². The Hall–Kier alpha value is -2.65. The van der Waals surface area contributed by atoms with Gasteiger partial charge in [0.05, 0.1) is 6.33 Å². The number of carbonyl (C=O) groups excluding carboxylic acids is 1. The van der Waals surface area contributed by atoms with Crippen LogP contribution in [0.5, 0.6) is 0 Å². The molecule has 3 heterocycles. The van der Waals surface area contributed by atoms with Crippen molar-refractivity contribution in [1.29, 1.82) is 0 Å².